The molecule has 7 nitrogen and oxygen atoms in total. The van der Waals surface area contributed by atoms with Gasteiger partial charge in [0.15, 0.2) is 0 Å². The summed E-state index contributed by atoms with van der Waals surface area (Å²) >= 11 is 0. The lowest BCUT2D eigenvalue weighted by atomic mass is 9.82. The van der Waals surface area contributed by atoms with Gasteiger partial charge in [-0.25, -0.2) is 4.79 Å². The lowest BCUT2D eigenvalue weighted by Crippen LogP contribution is -2.66. The highest BCUT2D eigenvalue weighted by molar-refractivity contribution is 5.67. The molecule has 25 heavy (non-hydrogen) atoms. The second-order valence-corrected chi connectivity index (χ2v) is 7.86. The minimum atomic E-state index is -0.549. The molecule has 1 aromatic carbocycles. The molecule has 2 saturated heterocycles. The summed E-state index contributed by atoms with van der Waals surface area (Å²) in [7, 11) is 0. The zero-order valence-electron chi connectivity index (χ0n) is 14.8. The molecule has 2 bridgehead atoms. The molecule has 0 aromatic heterocycles. The van der Waals surface area contributed by atoms with E-state index in [-0.39, 0.29) is 24.2 Å². The minimum absolute atomic E-state index is 0.0521. The molecule has 0 N–H and O–H groups in total. The summed E-state index contributed by atoms with van der Waals surface area (Å²) in [5.41, 5.74) is 0.639. The summed E-state index contributed by atoms with van der Waals surface area (Å²) in [4.78, 5) is 18.4. The van der Waals surface area contributed by atoms with E-state index in [1.54, 1.807) is 0 Å². The van der Waals surface area contributed by atoms with Crippen LogP contribution < -0.4 is 0 Å². The third kappa shape index (κ3) is 3.08. The maximum Gasteiger partial charge on any atom is 0.434 e. The first-order chi connectivity index (χ1) is 11.9. The van der Waals surface area contributed by atoms with Crippen LogP contribution in [0.4, 0.5) is 4.79 Å². The molecule has 1 amide bonds. The Morgan fingerprint density at radius 3 is 2.76 bits per heavy atom. The first-order valence-electron chi connectivity index (χ1n) is 8.83. The molecule has 1 aromatic rings. The first kappa shape index (κ1) is 16.3. The number of amides is 1. The second kappa shape index (κ2) is 5.98. The molecule has 0 radical (unpaired) electrons. The number of carbonyl (C=O) groups is 1. The number of fused-ring (bicyclic) bond motifs is 2. The highest BCUT2D eigenvalue weighted by atomic mass is 16.7. The van der Waals surface area contributed by atoms with Crippen LogP contribution in [0.3, 0.4) is 0 Å². The average molecular weight is 344 g/mol. The Hall–Kier alpha value is -2.15. The van der Waals surface area contributed by atoms with Crippen molar-refractivity contribution in [3.8, 4) is 0 Å². The fraction of sp³-hybridized carbons (Fsp3) is 0.611. The van der Waals surface area contributed by atoms with Crippen LogP contribution in [0.5, 0.6) is 0 Å². The molecule has 3 heterocycles. The zero-order valence-corrected chi connectivity index (χ0v) is 14.8. The molecule has 0 unspecified atom stereocenters. The molecule has 5 rings (SSSR count). The molecule has 0 spiro atoms. The van der Waals surface area contributed by atoms with Gasteiger partial charge in [0.25, 0.3) is 0 Å². The van der Waals surface area contributed by atoms with E-state index in [4.69, 9.17) is 9.57 Å². The van der Waals surface area contributed by atoms with Gasteiger partial charge in [0.05, 0.1) is 12.6 Å². The van der Waals surface area contributed by atoms with E-state index in [0.717, 1.165) is 12.8 Å². The van der Waals surface area contributed by atoms with Crippen molar-refractivity contribution in [3.05, 3.63) is 35.9 Å². The number of hydroxylamine groups is 2. The molecule has 4 aliphatic rings. The lowest BCUT2D eigenvalue weighted by molar-refractivity contribution is -0.275. The van der Waals surface area contributed by atoms with Crippen LogP contribution in [-0.4, -0.2) is 46.0 Å². The van der Waals surface area contributed by atoms with Gasteiger partial charge in [0.1, 0.15) is 23.8 Å². The average Bonchev–Trinajstić information content (AvgIpc) is 3.00. The first-order valence-corrected chi connectivity index (χ1v) is 8.83. The van der Waals surface area contributed by atoms with Crippen LogP contribution in [0.2, 0.25) is 0 Å². The third-order valence-corrected chi connectivity index (χ3v) is 4.83. The van der Waals surface area contributed by atoms with Gasteiger partial charge in [-0.3, -0.25) is 9.85 Å². The van der Waals surface area contributed by atoms with Crippen molar-refractivity contribution in [2.45, 2.75) is 70.0 Å². The molecule has 134 valence electrons. The monoisotopic (exact) mass is 344 g/mol. The van der Waals surface area contributed by atoms with Gasteiger partial charge in [0.2, 0.25) is 0 Å². The van der Waals surface area contributed by atoms with Crippen molar-refractivity contribution >= 4 is 6.09 Å². The fourth-order valence-electron chi connectivity index (χ4n) is 3.81. The van der Waals surface area contributed by atoms with Crippen molar-refractivity contribution in [1.82, 2.24) is 10.1 Å². The number of benzene rings is 1. The quantitative estimate of drug-likeness (QED) is 0.825. The number of nitrogens with zero attached hydrogens (tertiary/aromatic N) is 4. The van der Waals surface area contributed by atoms with Crippen molar-refractivity contribution in [2.75, 3.05) is 0 Å². The Morgan fingerprint density at radius 2 is 2.04 bits per heavy atom. The maximum atomic E-state index is 12.5. The molecule has 7 heteroatoms. The number of hydrogen-bond donors (Lipinski definition) is 0. The Morgan fingerprint density at radius 1 is 1.28 bits per heavy atom. The Kier molecular flexibility index (Phi) is 3.91. The van der Waals surface area contributed by atoms with Crippen LogP contribution in [0.25, 0.3) is 0 Å². The molecule has 1 aliphatic carbocycles. The van der Waals surface area contributed by atoms with Gasteiger partial charge in [-0.2, -0.15) is 10.2 Å². The van der Waals surface area contributed by atoms with E-state index in [9.17, 15) is 4.79 Å². The molecule has 1 saturated carbocycles. The highest BCUT2D eigenvalue weighted by Crippen LogP contribution is 2.41. The predicted octanol–water partition coefficient (Wildman–Crippen LogP) is 3.32. The van der Waals surface area contributed by atoms with Crippen LogP contribution in [0.15, 0.2) is 40.7 Å². The largest absolute Gasteiger partial charge is 0.442 e. The Bertz CT molecular complexity index is 673. The number of carbonyl (C=O) groups excluding carboxylic acids is 1. The van der Waals surface area contributed by atoms with E-state index >= 15 is 0 Å². The van der Waals surface area contributed by atoms with E-state index in [1.807, 2.05) is 44.0 Å². The van der Waals surface area contributed by atoms with Gasteiger partial charge in [0, 0.05) is 0 Å². The number of rotatable bonds is 2. The Labute approximate surface area is 147 Å². The van der Waals surface area contributed by atoms with Crippen molar-refractivity contribution in [1.29, 1.82) is 0 Å². The summed E-state index contributed by atoms with van der Waals surface area (Å²) in [6.45, 7) is 6.26. The third-order valence-electron chi connectivity index (χ3n) is 4.83. The summed E-state index contributed by atoms with van der Waals surface area (Å²) in [5, 5.41) is 12.3. The number of ether oxygens (including phenoxy) is 1. The fourth-order valence-corrected chi connectivity index (χ4v) is 3.81. The summed E-state index contributed by atoms with van der Waals surface area (Å²) in [5.74, 6) is 0. The van der Waals surface area contributed by atoms with Crippen molar-refractivity contribution in [3.63, 3.8) is 0 Å². The van der Waals surface area contributed by atoms with E-state index in [2.05, 4.69) is 22.5 Å². The normalized spacial score (nSPS) is 30.5. The minimum Gasteiger partial charge on any atom is -0.442 e. The molecule has 4 atom stereocenters. The number of hydrogen-bond acceptors (Lipinski definition) is 6. The summed E-state index contributed by atoms with van der Waals surface area (Å²) < 4.78 is 5.48. The van der Waals surface area contributed by atoms with Gasteiger partial charge in [-0.05, 0) is 39.2 Å². The van der Waals surface area contributed by atoms with Crippen LogP contribution >= 0.6 is 0 Å². The topological polar surface area (TPSA) is 66.7 Å². The van der Waals surface area contributed by atoms with E-state index in [1.165, 1.54) is 10.6 Å². The van der Waals surface area contributed by atoms with Gasteiger partial charge < -0.3 is 4.74 Å². The van der Waals surface area contributed by atoms with E-state index < -0.39 is 11.7 Å². The van der Waals surface area contributed by atoms with Crippen LogP contribution in [0.1, 0.15) is 39.2 Å². The van der Waals surface area contributed by atoms with E-state index in [0.29, 0.717) is 6.54 Å². The van der Waals surface area contributed by atoms with Crippen LogP contribution in [0, 0.1) is 0 Å². The standard InChI is InChI=1S/C18H24N4O3/c1-18(2,3)24-17(23)22-13-9-10-14(25-22)16-15(13)19-20-21(16)11-12-7-5-4-6-8-12/h4-8,13-16H,9-11H2,1-3H3/t13-,14+,15+,16-/m1/s1. The summed E-state index contributed by atoms with van der Waals surface area (Å²) in [6, 6.07) is 10.1. The predicted molar refractivity (Wildman–Crippen MR) is 90.4 cm³/mol. The smallest absolute Gasteiger partial charge is 0.434 e. The van der Waals surface area contributed by atoms with Gasteiger partial charge in [-0.1, -0.05) is 35.6 Å². The highest BCUT2D eigenvalue weighted by Gasteiger charge is 2.56. The van der Waals surface area contributed by atoms with Gasteiger partial charge >= 0.3 is 6.09 Å². The van der Waals surface area contributed by atoms with Gasteiger partial charge in [-0.15, -0.1) is 0 Å². The lowest BCUT2D eigenvalue weighted by Gasteiger charge is -2.50. The molecule has 3 aliphatic heterocycles. The molecular formula is C18H24N4O3. The maximum absolute atomic E-state index is 12.5. The van der Waals surface area contributed by atoms with Crippen molar-refractivity contribution < 1.29 is 14.4 Å². The van der Waals surface area contributed by atoms with Crippen molar-refractivity contribution in [2.24, 2.45) is 10.3 Å². The molecule has 3 fully saturated rings. The molecular weight excluding hydrogens is 320 g/mol. The summed E-state index contributed by atoms with van der Waals surface area (Å²) in [6.07, 6.45) is 1.24. The SMILES string of the molecule is CC(C)(C)OC(=O)N1O[C@H]2CC[C@@H]1[C@@H]1N=NN(Cc3ccccc3)[C@@H]12. The zero-order chi connectivity index (χ0) is 17.6. The van der Waals surface area contributed by atoms with Crippen LogP contribution in [-0.2, 0) is 16.1 Å². The Balaban J connectivity index is 1.48. The second-order valence-electron chi connectivity index (χ2n) is 7.86.